The maximum absolute atomic E-state index is 5.36. The number of aromatic nitrogens is 4. The molecule has 0 amide bonds. The molecular weight excluding hydrogens is 328 g/mol. The number of rotatable bonds is 2. The Bertz CT molecular complexity index is 485. The van der Waals surface area contributed by atoms with E-state index >= 15 is 0 Å². The Morgan fingerprint density at radius 1 is 1.33 bits per heavy atom. The summed E-state index contributed by atoms with van der Waals surface area (Å²) in [7, 11) is 1.77. The van der Waals surface area contributed by atoms with Crippen LogP contribution in [0.1, 0.15) is 0 Å². The minimum atomic E-state index is 0.271. The molecule has 0 aromatic carbocycles. The molecule has 0 aliphatic rings. The SMILES string of the molecule is Cn1cnc(Oc2ncc(Br)cc2Br)n1. The minimum absolute atomic E-state index is 0.271. The summed E-state index contributed by atoms with van der Waals surface area (Å²) in [5, 5.41) is 3.98. The Morgan fingerprint density at radius 2 is 2.13 bits per heavy atom. The molecule has 2 aromatic rings. The smallest absolute Gasteiger partial charge is 0.342 e. The highest BCUT2D eigenvalue weighted by atomic mass is 79.9. The summed E-state index contributed by atoms with van der Waals surface area (Å²) < 4.78 is 8.53. The van der Waals surface area contributed by atoms with Crippen LogP contribution in [0.4, 0.5) is 0 Å². The van der Waals surface area contributed by atoms with Gasteiger partial charge >= 0.3 is 6.01 Å². The Hall–Kier alpha value is -0.950. The Morgan fingerprint density at radius 3 is 2.73 bits per heavy atom. The van der Waals surface area contributed by atoms with Crippen molar-refractivity contribution in [2.24, 2.45) is 7.05 Å². The number of halogens is 2. The molecule has 2 aromatic heterocycles. The van der Waals surface area contributed by atoms with Crippen molar-refractivity contribution < 1.29 is 4.74 Å². The van der Waals surface area contributed by atoms with Crippen molar-refractivity contribution in [3.05, 3.63) is 27.5 Å². The fraction of sp³-hybridized carbons (Fsp3) is 0.125. The van der Waals surface area contributed by atoms with E-state index in [2.05, 4.69) is 46.9 Å². The van der Waals surface area contributed by atoms with Gasteiger partial charge in [0.1, 0.15) is 6.33 Å². The van der Waals surface area contributed by atoms with Gasteiger partial charge in [-0.25, -0.2) is 4.98 Å². The zero-order chi connectivity index (χ0) is 10.8. The lowest BCUT2D eigenvalue weighted by Crippen LogP contribution is -1.92. The minimum Gasteiger partial charge on any atom is -0.403 e. The first-order valence-corrected chi connectivity index (χ1v) is 5.58. The maximum Gasteiger partial charge on any atom is 0.342 e. The van der Waals surface area contributed by atoms with Crippen LogP contribution in [0.5, 0.6) is 11.9 Å². The molecule has 2 heterocycles. The van der Waals surface area contributed by atoms with E-state index in [0.717, 1.165) is 8.95 Å². The van der Waals surface area contributed by atoms with Gasteiger partial charge in [-0.3, -0.25) is 4.68 Å². The fourth-order valence-corrected chi connectivity index (χ4v) is 2.00. The van der Waals surface area contributed by atoms with Crippen LogP contribution in [-0.2, 0) is 7.05 Å². The van der Waals surface area contributed by atoms with Crippen LogP contribution < -0.4 is 4.74 Å². The molecular formula is C8H6Br2N4O. The highest BCUT2D eigenvalue weighted by Gasteiger charge is 2.07. The second kappa shape index (κ2) is 4.28. The summed E-state index contributed by atoms with van der Waals surface area (Å²) in [6, 6.07) is 2.11. The zero-order valence-electron chi connectivity index (χ0n) is 7.69. The van der Waals surface area contributed by atoms with E-state index in [9.17, 15) is 0 Å². The van der Waals surface area contributed by atoms with E-state index in [0.29, 0.717) is 5.88 Å². The molecule has 0 atom stereocenters. The average Bonchev–Trinajstić information content (AvgIpc) is 2.56. The van der Waals surface area contributed by atoms with Crippen molar-refractivity contribution in [1.29, 1.82) is 0 Å². The van der Waals surface area contributed by atoms with Crippen LogP contribution in [0.3, 0.4) is 0 Å². The second-order valence-electron chi connectivity index (χ2n) is 2.74. The lowest BCUT2D eigenvalue weighted by molar-refractivity contribution is 0.419. The third kappa shape index (κ3) is 2.54. The summed E-state index contributed by atoms with van der Waals surface area (Å²) >= 11 is 6.63. The van der Waals surface area contributed by atoms with Crippen LogP contribution in [0.25, 0.3) is 0 Å². The quantitative estimate of drug-likeness (QED) is 0.847. The first kappa shape index (κ1) is 10.6. The Balaban J connectivity index is 2.24. The standard InChI is InChI=1S/C8H6Br2N4O/c1-14-4-12-8(13-14)15-7-6(10)2-5(9)3-11-7/h2-4H,1H3. The number of pyridine rings is 1. The summed E-state index contributed by atoms with van der Waals surface area (Å²) in [4.78, 5) is 8.01. The van der Waals surface area contributed by atoms with E-state index in [4.69, 9.17) is 4.74 Å². The molecule has 0 saturated heterocycles. The van der Waals surface area contributed by atoms with Crippen molar-refractivity contribution in [3.63, 3.8) is 0 Å². The van der Waals surface area contributed by atoms with Crippen LogP contribution in [0.2, 0.25) is 0 Å². The predicted octanol–water partition coefficient (Wildman–Crippen LogP) is 2.53. The van der Waals surface area contributed by atoms with Gasteiger partial charge in [0.05, 0.1) is 4.47 Å². The molecule has 0 bridgehead atoms. The lowest BCUT2D eigenvalue weighted by atomic mass is 10.5. The van der Waals surface area contributed by atoms with Crippen LogP contribution in [-0.4, -0.2) is 19.7 Å². The molecule has 0 aliphatic heterocycles. The van der Waals surface area contributed by atoms with Gasteiger partial charge in [0, 0.05) is 17.7 Å². The molecule has 2 rings (SSSR count). The predicted molar refractivity (Wildman–Crippen MR) is 60.7 cm³/mol. The van der Waals surface area contributed by atoms with E-state index in [-0.39, 0.29) is 6.01 Å². The molecule has 0 spiro atoms. The monoisotopic (exact) mass is 332 g/mol. The second-order valence-corrected chi connectivity index (χ2v) is 4.51. The van der Waals surface area contributed by atoms with Gasteiger partial charge in [-0.2, -0.15) is 4.98 Å². The van der Waals surface area contributed by atoms with Crippen molar-refractivity contribution >= 4 is 31.9 Å². The molecule has 0 saturated carbocycles. The van der Waals surface area contributed by atoms with E-state index < -0.39 is 0 Å². The van der Waals surface area contributed by atoms with E-state index in [1.165, 1.54) is 0 Å². The largest absolute Gasteiger partial charge is 0.403 e. The van der Waals surface area contributed by atoms with Gasteiger partial charge in [-0.1, -0.05) is 0 Å². The molecule has 0 N–H and O–H groups in total. The third-order valence-corrected chi connectivity index (χ3v) is 2.54. The number of hydrogen-bond acceptors (Lipinski definition) is 4. The highest BCUT2D eigenvalue weighted by molar-refractivity contribution is 9.11. The normalized spacial score (nSPS) is 10.3. The lowest BCUT2D eigenvalue weighted by Gasteiger charge is -2.01. The molecule has 0 fully saturated rings. The Labute approximate surface area is 103 Å². The van der Waals surface area contributed by atoms with Crippen LogP contribution in [0.15, 0.2) is 27.5 Å². The summed E-state index contributed by atoms with van der Waals surface area (Å²) in [5.74, 6) is 0.435. The fourth-order valence-electron chi connectivity index (χ4n) is 0.930. The van der Waals surface area contributed by atoms with Gasteiger partial charge < -0.3 is 4.74 Å². The molecule has 7 heteroatoms. The molecule has 5 nitrogen and oxygen atoms in total. The van der Waals surface area contributed by atoms with E-state index in [1.54, 1.807) is 24.3 Å². The number of nitrogens with zero attached hydrogens (tertiary/aromatic N) is 4. The van der Waals surface area contributed by atoms with Gasteiger partial charge in [0.2, 0.25) is 5.88 Å². The average molecular weight is 334 g/mol. The Kier molecular flexibility index (Phi) is 3.01. The number of hydrogen-bond donors (Lipinski definition) is 0. The number of ether oxygens (including phenoxy) is 1. The first-order valence-electron chi connectivity index (χ1n) is 3.99. The first-order chi connectivity index (χ1) is 7.15. The van der Waals surface area contributed by atoms with Crippen molar-refractivity contribution in [1.82, 2.24) is 19.7 Å². The molecule has 0 radical (unpaired) electrons. The summed E-state index contributed by atoms with van der Waals surface area (Å²) in [6.45, 7) is 0. The van der Waals surface area contributed by atoms with Gasteiger partial charge in [0.25, 0.3) is 0 Å². The van der Waals surface area contributed by atoms with Gasteiger partial charge in [0.15, 0.2) is 0 Å². The van der Waals surface area contributed by atoms with Crippen molar-refractivity contribution in [2.45, 2.75) is 0 Å². The highest BCUT2D eigenvalue weighted by Crippen LogP contribution is 2.27. The molecule has 0 unspecified atom stereocenters. The topological polar surface area (TPSA) is 52.8 Å². The van der Waals surface area contributed by atoms with Crippen molar-refractivity contribution in [3.8, 4) is 11.9 Å². The van der Waals surface area contributed by atoms with Crippen LogP contribution in [0, 0.1) is 0 Å². The van der Waals surface area contributed by atoms with Crippen molar-refractivity contribution in [2.75, 3.05) is 0 Å². The third-order valence-electron chi connectivity index (χ3n) is 1.54. The van der Waals surface area contributed by atoms with E-state index in [1.807, 2.05) is 6.07 Å². The summed E-state index contributed by atoms with van der Waals surface area (Å²) in [6.07, 6.45) is 3.20. The molecule has 15 heavy (non-hydrogen) atoms. The van der Waals surface area contributed by atoms with Gasteiger partial charge in [-0.15, -0.1) is 5.10 Å². The maximum atomic E-state index is 5.36. The zero-order valence-corrected chi connectivity index (χ0v) is 10.9. The number of aryl methyl sites for hydroxylation is 1. The molecule has 78 valence electrons. The molecule has 0 aliphatic carbocycles. The van der Waals surface area contributed by atoms with Crippen LogP contribution >= 0.6 is 31.9 Å². The van der Waals surface area contributed by atoms with Gasteiger partial charge in [-0.05, 0) is 37.9 Å². The summed E-state index contributed by atoms with van der Waals surface area (Å²) in [5.41, 5.74) is 0.